The Hall–Kier alpha value is -6.55. The van der Waals surface area contributed by atoms with Crippen LogP contribution in [0.4, 0.5) is 0 Å². The lowest BCUT2D eigenvalue weighted by Gasteiger charge is -2.27. The molecule has 6 amide bonds. The SMILES string of the molecule is CC[C@H](C)[C@H](NC(=O)CNC(C)=O)C(=O)N[C@@H](CO)C(=O)N[C@@H](CO)C(=O)N[C@@H](Cc1ccccc1)C(=O)N[C@@H](Cc1ccc(O)cc1)C(=O)OCO/N=[N+](\[O-])N1CCCC1. The fraction of sp³-hybridized carbons (Fsp3) is 0.513. The maximum atomic E-state index is 14.0. The van der Waals surface area contributed by atoms with Gasteiger partial charge in [-0.25, -0.2) is 4.79 Å². The summed E-state index contributed by atoms with van der Waals surface area (Å²) in [6.45, 7) is 2.46. The summed E-state index contributed by atoms with van der Waals surface area (Å²) in [7, 11) is 0. The van der Waals surface area contributed by atoms with Gasteiger partial charge in [0.2, 0.25) is 40.7 Å². The Morgan fingerprint density at radius 1 is 0.770 bits per heavy atom. The van der Waals surface area contributed by atoms with E-state index in [0.717, 1.165) is 12.8 Å². The lowest BCUT2D eigenvalue weighted by molar-refractivity contribution is -0.708. The normalized spacial score (nSPS) is 15.4. The number of aliphatic hydroxyl groups is 2. The molecule has 3 rings (SSSR count). The molecule has 1 saturated heterocycles. The summed E-state index contributed by atoms with van der Waals surface area (Å²) in [5, 5.41) is 61.3. The van der Waals surface area contributed by atoms with E-state index in [2.05, 4.69) is 37.2 Å². The summed E-state index contributed by atoms with van der Waals surface area (Å²) in [5.74, 6) is -6.52. The van der Waals surface area contributed by atoms with Gasteiger partial charge >= 0.3 is 5.97 Å². The molecule has 0 radical (unpaired) electrons. The molecular formula is C39H55N9O13. The molecule has 2 aromatic rings. The Balaban J connectivity index is 1.76. The molecule has 0 saturated carbocycles. The zero-order valence-corrected chi connectivity index (χ0v) is 34.2. The highest BCUT2D eigenvalue weighted by molar-refractivity contribution is 5.96. The van der Waals surface area contributed by atoms with Crippen LogP contribution in [0.15, 0.2) is 59.9 Å². The summed E-state index contributed by atoms with van der Waals surface area (Å²) in [4.78, 5) is 96.2. The van der Waals surface area contributed by atoms with Crippen molar-refractivity contribution in [3.05, 3.63) is 70.9 Å². The van der Waals surface area contributed by atoms with E-state index in [-0.39, 0.29) is 23.6 Å². The van der Waals surface area contributed by atoms with Crippen LogP contribution in [0.2, 0.25) is 0 Å². The summed E-state index contributed by atoms with van der Waals surface area (Å²) >= 11 is 0. The fourth-order valence-electron chi connectivity index (χ4n) is 5.90. The fourth-order valence-corrected chi connectivity index (χ4v) is 5.90. The minimum Gasteiger partial charge on any atom is -0.569 e. The maximum Gasteiger partial charge on any atom is 0.331 e. The first-order chi connectivity index (χ1) is 29.1. The molecule has 0 spiro atoms. The average molecular weight is 858 g/mol. The minimum absolute atomic E-state index is 0.0510. The van der Waals surface area contributed by atoms with Crippen LogP contribution in [0, 0.1) is 11.1 Å². The van der Waals surface area contributed by atoms with Crippen LogP contribution in [0.3, 0.4) is 0 Å². The van der Waals surface area contributed by atoms with E-state index in [0.29, 0.717) is 30.6 Å². The highest BCUT2D eigenvalue weighted by Crippen LogP contribution is 2.14. The van der Waals surface area contributed by atoms with Crippen LogP contribution in [0.5, 0.6) is 5.75 Å². The summed E-state index contributed by atoms with van der Waals surface area (Å²) in [6, 6.07) is 6.82. The van der Waals surface area contributed by atoms with Gasteiger partial charge in [0, 0.05) is 19.8 Å². The van der Waals surface area contributed by atoms with Gasteiger partial charge in [-0.15, -0.1) is 5.01 Å². The third-order valence-electron chi connectivity index (χ3n) is 9.54. The molecule has 334 valence electrons. The highest BCUT2D eigenvalue weighted by atomic mass is 16.8. The molecule has 1 fully saturated rings. The molecule has 0 bridgehead atoms. The van der Waals surface area contributed by atoms with Crippen molar-refractivity contribution in [1.29, 1.82) is 0 Å². The Bertz CT molecular complexity index is 1810. The van der Waals surface area contributed by atoms with Gasteiger partial charge in [0.05, 0.1) is 37.8 Å². The van der Waals surface area contributed by atoms with Crippen LogP contribution in [-0.4, -0.2) is 137 Å². The number of hydrogen-bond donors (Lipinski definition) is 9. The van der Waals surface area contributed by atoms with Gasteiger partial charge in [-0.1, -0.05) is 62.7 Å². The van der Waals surface area contributed by atoms with Gasteiger partial charge in [0.1, 0.15) is 36.0 Å². The Morgan fingerprint density at radius 3 is 1.87 bits per heavy atom. The van der Waals surface area contributed by atoms with Crippen LogP contribution in [0.25, 0.3) is 0 Å². The standard InChI is InChI=1S/C39H55N9O13/c1-4-24(2)34(45-33(53)20-40-25(3)51)38(57)44-32(22-50)37(56)43-31(21-49)36(55)41-29(18-26-10-6-5-7-11-26)35(54)42-30(19-27-12-14-28(52)15-13-27)39(58)60-23-61-46-48(59)47-16-8-9-17-47/h5-7,10-15,24,29-32,34,49-50,52H,4,8-9,16-23H2,1-3H3,(H,40,51)(H,41,55)(H,42,54)(H,43,56)(H,44,57)(H,45,53)/b48-46-/t24-,29-,30-,31-,32-,34-/m0/s1. The van der Waals surface area contributed by atoms with Crippen LogP contribution < -0.4 is 31.9 Å². The van der Waals surface area contributed by atoms with Crippen molar-refractivity contribution in [2.45, 2.75) is 83.1 Å². The van der Waals surface area contributed by atoms with Crippen molar-refractivity contribution in [1.82, 2.24) is 36.9 Å². The molecule has 1 aliphatic heterocycles. The predicted molar refractivity (Wildman–Crippen MR) is 213 cm³/mol. The highest BCUT2D eigenvalue weighted by Gasteiger charge is 2.34. The second kappa shape index (κ2) is 25.2. The number of phenolic OH excluding ortho intramolecular Hbond substituents is 1. The number of rotatable bonds is 24. The number of amides is 6. The van der Waals surface area contributed by atoms with Crippen molar-refractivity contribution in [3.63, 3.8) is 0 Å². The number of nitrogens with zero attached hydrogens (tertiary/aromatic N) is 3. The van der Waals surface area contributed by atoms with E-state index < -0.39 is 104 Å². The number of aromatic hydroxyl groups is 1. The number of esters is 1. The molecular weight excluding hydrogens is 802 g/mol. The van der Waals surface area contributed by atoms with Crippen molar-refractivity contribution >= 4 is 41.4 Å². The molecule has 2 aromatic carbocycles. The monoisotopic (exact) mass is 857 g/mol. The lowest BCUT2D eigenvalue weighted by Crippen LogP contribution is -2.61. The van der Waals surface area contributed by atoms with E-state index in [1.165, 1.54) is 36.2 Å². The molecule has 1 heterocycles. The lowest BCUT2D eigenvalue weighted by atomic mass is 9.98. The molecule has 0 aliphatic carbocycles. The largest absolute Gasteiger partial charge is 0.569 e. The second-order valence-corrected chi connectivity index (χ2v) is 14.2. The molecule has 9 N–H and O–H groups in total. The third-order valence-corrected chi connectivity index (χ3v) is 9.54. The zero-order chi connectivity index (χ0) is 44.9. The number of ether oxygens (including phenoxy) is 1. The first-order valence-corrected chi connectivity index (χ1v) is 19.7. The Morgan fingerprint density at radius 2 is 1.30 bits per heavy atom. The second-order valence-electron chi connectivity index (χ2n) is 14.2. The molecule has 0 unspecified atom stereocenters. The number of aliphatic hydroxyl groups excluding tert-OH is 2. The van der Waals surface area contributed by atoms with Crippen molar-refractivity contribution in [3.8, 4) is 5.75 Å². The molecule has 61 heavy (non-hydrogen) atoms. The van der Waals surface area contributed by atoms with E-state index >= 15 is 0 Å². The van der Waals surface area contributed by atoms with Crippen LogP contribution in [0.1, 0.15) is 51.2 Å². The van der Waals surface area contributed by atoms with Crippen molar-refractivity contribution in [2.24, 2.45) is 11.2 Å². The van der Waals surface area contributed by atoms with Gasteiger partial charge in [0.25, 0.3) is 6.79 Å². The Labute approximate surface area is 351 Å². The first-order valence-electron chi connectivity index (χ1n) is 19.7. The van der Waals surface area contributed by atoms with Gasteiger partial charge in [-0.3, -0.25) is 28.8 Å². The predicted octanol–water partition coefficient (Wildman–Crippen LogP) is -1.83. The number of hydrazine groups is 1. The van der Waals surface area contributed by atoms with Gasteiger partial charge in [-0.2, -0.15) is 0 Å². The molecule has 1 aliphatic rings. The van der Waals surface area contributed by atoms with Crippen LogP contribution in [-0.2, 0) is 56.0 Å². The smallest absolute Gasteiger partial charge is 0.331 e. The number of carbonyl (C=O) groups is 7. The zero-order valence-electron chi connectivity index (χ0n) is 34.2. The van der Waals surface area contributed by atoms with Crippen molar-refractivity contribution in [2.75, 3.05) is 39.6 Å². The van der Waals surface area contributed by atoms with E-state index in [1.54, 1.807) is 44.2 Å². The van der Waals surface area contributed by atoms with Gasteiger partial charge in [0.15, 0.2) is 0 Å². The summed E-state index contributed by atoms with van der Waals surface area (Å²) in [5.41, 5.74) is 1.06. The molecule has 22 nitrogen and oxygen atoms in total. The number of hydrogen-bond acceptors (Lipinski definition) is 14. The number of benzene rings is 2. The minimum atomic E-state index is -1.72. The van der Waals surface area contributed by atoms with Crippen molar-refractivity contribution < 1.29 is 63.4 Å². The molecule has 6 atom stereocenters. The van der Waals surface area contributed by atoms with Gasteiger partial charge < -0.3 is 62.0 Å². The van der Waals surface area contributed by atoms with Crippen LogP contribution >= 0.6 is 0 Å². The number of nitrogens with one attached hydrogen (secondary N) is 6. The number of carbonyl (C=O) groups excluding carboxylic acids is 7. The topological polar surface area (TPSA) is 312 Å². The molecule has 0 aromatic heterocycles. The first kappa shape index (κ1) is 48.8. The average Bonchev–Trinajstić information content (AvgIpc) is 3.80. The quantitative estimate of drug-likeness (QED) is 0.0140. The number of phenols is 1. The van der Waals surface area contributed by atoms with E-state index in [1.807, 2.05) is 0 Å². The van der Waals surface area contributed by atoms with E-state index in [9.17, 15) is 54.1 Å². The summed E-state index contributed by atoms with van der Waals surface area (Å²) < 4.78 is 5.17. The van der Waals surface area contributed by atoms with E-state index in [4.69, 9.17) is 9.57 Å². The summed E-state index contributed by atoms with van der Waals surface area (Å²) in [6.07, 6.45) is 1.74. The molecule has 22 heteroatoms. The third kappa shape index (κ3) is 16.6. The Kier molecular flexibility index (Phi) is 20.1. The maximum absolute atomic E-state index is 14.0. The van der Waals surface area contributed by atoms with Gasteiger partial charge in [-0.05, 0) is 42.0 Å².